The van der Waals surface area contributed by atoms with Gasteiger partial charge < -0.3 is 10.1 Å². The number of rotatable bonds is 10. The van der Waals surface area contributed by atoms with E-state index in [1.807, 2.05) is 11.6 Å². The lowest BCUT2D eigenvalue weighted by Crippen LogP contribution is -2.21. The number of nitrogens with zero attached hydrogens (tertiary/aromatic N) is 4. The summed E-state index contributed by atoms with van der Waals surface area (Å²) in [5.41, 5.74) is 0. The van der Waals surface area contributed by atoms with Gasteiger partial charge in [-0.05, 0) is 30.3 Å². The standard InChI is InChI=1S/C10H21N5OS/c1-3-5-11-6-7-15-10(12-13-14-15)17-9-8-16-4-2/h11H,3-9H2,1-2H3. The lowest BCUT2D eigenvalue weighted by Gasteiger charge is -2.05. The SMILES string of the molecule is CCCNCCn1nnnc1SCCOCC. The van der Waals surface area contributed by atoms with E-state index in [0.717, 1.165) is 50.2 Å². The molecule has 0 atom stereocenters. The molecule has 7 heteroatoms. The maximum Gasteiger partial charge on any atom is 0.209 e. The van der Waals surface area contributed by atoms with E-state index in [0.29, 0.717) is 0 Å². The molecular formula is C10H21N5OS. The predicted molar refractivity (Wildman–Crippen MR) is 68.2 cm³/mol. The lowest BCUT2D eigenvalue weighted by molar-refractivity contribution is 0.164. The van der Waals surface area contributed by atoms with Crippen molar-refractivity contribution in [2.75, 3.05) is 32.1 Å². The van der Waals surface area contributed by atoms with Crippen molar-refractivity contribution < 1.29 is 4.74 Å². The molecule has 1 N–H and O–H groups in total. The first-order valence-electron chi connectivity index (χ1n) is 6.05. The molecule has 0 saturated heterocycles. The molecule has 0 aromatic carbocycles. The molecule has 1 rings (SSSR count). The zero-order chi connectivity index (χ0) is 12.3. The van der Waals surface area contributed by atoms with Crippen molar-refractivity contribution in [3.8, 4) is 0 Å². The average Bonchev–Trinajstić information content (AvgIpc) is 2.78. The highest BCUT2D eigenvalue weighted by Gasteiger charge is 2.05. The molecule has 17 heavy (non-hydrogen) atoms. The molecule has 1 aromatic rings. The van der Waals surface area contributed by atoms with Crippen molar-refractivity contribution in [3.05, 3.63) is 0 Å². The van der Waals surface area contributed by atoms with Gasteiger partial charge in [0.1, 0.15) is 0 Å². The van der Waals surface area contributed by atoms with Crippen molar-refractivity contribution in [2.45, 2.75) is 32.0 Å². The average molecular weight is 259 g/mol. The Morgan fingerprint density at radius 2 is 2.24 bits per heavy atom. The van der Waals surface area contributed by atoms with E-state index in [4.69, 9.17) is 4.74 Å². The first-order chi connectivity index (χ1) is 8.38. The summed E-state index contributed by atoms with van der Waals surface area (Å²) in [6, 6.07) is 0. The topological polar surface area (TPSA) is 64.9 Å². The number of tetrazole rings is 1. The van der Waals surface area contributed by atoms with Crippen LogP contribution in [0.5, 0.6) is 0 Å². The van der Waals surface area contributed by atoms with Crippen molar-refractivity contribution in [3.63, 3.8) is 0 Å². The predicted octanol–water partition coefficient (Wildman–Crippen LogP) is 0.801. The largest absolute Gasteiger partial charge is 0.381 e. The maximum atomic E-state index is 5.27. The van der Waals surface area contributed by atoms with Crippen LogP contribution in [0.4, 0.5) is 0 Å². The van der Waals surface area contributed by atoms with E-state index < -0.39 is 0 Å². The fourth-order valence-electron chi connectivity index (χ4n) is 1.26. The Balaban J connectivity index is 2.22. The third kappa shape index (κ3) is 5.99. The van der Waals surface area contributed by atoms with Crippen LogP contribution in [0.1, 0.15) is 20.3 Å². The van der Waals surface area contributed by atoms with Crippen molar-refractivity contribution in [2.24, 2.45) is 0 Å². The first-order valence-corrected chi connectivity index (χ1v) is 7.04. The van der Waals surface area contributed by atoms with Crippen LogP contribution in [0.25, 0.3) is 0 Å². The Hall–Kier alpha value is -0.660. The summed E-state index contributed by atoms with van der Waals surface area (Å²) in [4.78, 5) is 0. The molecule has 98 valence electrons. The number of thioether (sulfide) groups is 1. The second-order valence-electron chi connectivity index (χ2n) is 3.48. The minimum absolute atomic E-state index is 0.738. The molecule has 0 amide bonds. The summed E-state index contributed by atoms with van der Waals surface area (Å²) >= 11 is 1.63. The molecule has 0 aliphatic carbocycles. The number of hydrogen-bond acceptors (Lipinski definition) is 6. The van der Waals surface area contributed by atoms with Crippen LogP contribution in [0.3, 0.4) is 0 Å². The summed E-state index contributed by atoms with van der Waals surface area (Å²) in [6.07, 6.45) is 1.14. The Labute approximate surface area is 106 Å². The highest BCUT2D eigenvalue weighted by atomic mass is 32.2. The first kappa shape index (κ1) is 14.4. The van der Waals surface area contributed by atoms with Gasteiger partial charge in [-0.1, -0.05) is 18.7 Å². The normalized spacial score (nSPS) is 10.9. The van der Waals surface area contributed by atoms with Gasteiger partial charge in [-0.2, -0.15) is 0 Å². The van der Waals surface area contributed by atoms with E-state index in [-0.39, 0.29) is 0 Å². The number of nitrogens with one attached hydrogen (secondary N) is 1. The third-order valence-corrected chi connectivity index (χ3v) is 3.01. The highest BCUT2D eigenvalue weighted by molar-refractivity contribution is 7.99. The van der Waals surface area contributed by atoms with Crippen LogP contribution in [0, 0.1) is 0 Å². The number of ether oxygens (including phenoxy) is 1. The lowest BCUT2D eigenvalue weighted by atomic mass is 10.5. The van der Waals surface area contributed by atoms with Gasteiger partial charge in [-0.3, -0.25) is 0 Å². The van der Waals surface area contributed by atoms with E-state index >= 15 is 0 Å². The zero-order valence-corrected chi connectivity index (χ0v) is 11.4. The Kier molecular flexibility index (Phi) is 7.94. The van der Waals surface area contributed by atoms with Crippen molar-refractivity contribution in [1.29, 1.82) is 0 Å². The van der Waals surface area contributed by atoms with Crippen LogP contribution < -0.4 is 5.32 Å². The summed E-state index contributed by atoms with van der Waals surface area (Å²) in [6.45, 7) is 8.39. The molecule has 6 nitrogen and oxygen atoms in total. The Morgan fingerprint density at radius 3 is 3.00 bits per heavy atom. The molecule has 1 aromatic heterocycles. The summed E-state index contributed by atoms with van der Waals surface area (Å²) in [5, 5.41) is 15.8. The van der Waals surface area contributed by atoms with Gasteiger partial charge in [0.25, 0.3) is 0 Å². The molecule has 0 bridgehead atoms. The monoisotopic (exact) mass is 259 g/mol. The van der Waals surface area contributed by atoms with Gasteiger partial charge in [0.2, 0.25) is 5.16 Å². The second kappa shape index (κ2) is 9.38. The molecule has 0 unspecified atom stereocenters. The Morgan fingerprint density at radius 1 is 1.35 bits per heavy atom. The van der Waals surface area contributed by atoms with Crippen molar-refractivity contribution in [1.82, 2.24) is 25.5 Å². The quantitative estimate of drug-likeness (QED) is 0.495. The van der Waals surface area contributed by atoms with E-state index in [1.54, 1.807) is 11.8 Å². The Bertz CT molecular complexity index is 267. The van der Waals surface area contributed by atoms with Gasteiger partial charge in [0.15, 0.2) is 0 Å². The van der Waals surface area contributed by atoms with Gasteiger partial charge >= 0.3 is 0 Å². The number of aromatic nitrogens is 4. The smallest absolute Gasteiger partial charge is 0.209 e. The molecule has 0 spiro atoms. The van der Waals surface area contributed by atoms with Crippen LogP contribution >= 0.6 is 11.8 Å². The third-order valence-electron chi connectivity index (χ3n) is 2.09. The molecule has 0 radical (unpaired) electrons. The highest BCUT2D eigenvalue weighted by Crippen LogP contribution is 2.12. The number of hydrogen-bond donors (Lipinski definition) is 1. The van der Waals surface area contributed by atoms with Gasteiger partial charge in [-0.15, -0.1) is 5.10 Å². The molecule has 0 saturated carbocycles. The second-order valence-corrected chi connectivity index (χ2v) is 4.54. The molecule has 1 heterocycles. The van der Waals surface area contributed by atoms with Crippen LogP contribution in [0.2, 0.25) is 0 Å². The minimum atomic E-state index is 0.738. The molecule has 0 aliphatic rings. The van der Waals surface area contributed by atoms with Crippen LogP contribution in [-0.4, -0.2) is 52.3 Å². The minimum Gasteiger partial charge on any atom is -0.381 e. The summed E-state index contributed by atoms with van der Waals surface area (Å²) < 4.78 is 7.11. The van der Waals surface area contributed by atoms with Gasteiger partial charge in [0.05, 0.1) is 13.2 Å². The fourth-order valence-corrected chi connectivity index (χ4v) is 2.02. The van der Waals surface area contributed by atoms with Crippen LogP contribution in [-0.2, 0) is 11.3 Å². The zero-order valence-electron chi connectivity index (χ0n) is 10.6. The fraction of sp³-hybridized carbons (Fsp3) is 0.900. The van der Waals surface area contributed by atoms with Gasteiger partial charge in [-0.25, -0.2) is 4.68 Å². The molecule has 0 fully saturated rings. The summed E-state index contributed by atoms with van der Waals surface area (Å²) in [7, 11) is 0. The molecular weight excluding hydrogens is 238 g/mol. The van der Waals surface area contributed by atoms with Crippen molar-refractivity contribution >= 4 is 11.8 Å². The maximum absolute atomic E-state index is 5.27. The van der Waals surface area contributed by atoms with Crippen LogP contribution in [0.15, 0.2) is 5.16 Å². The van der Waals surface area contributed by atoms with Gasteiger partial charge in [0, 0.05) is 18.9 Å². The van der Waals surface area contributed by atoms with E-state index in [1.165, 1.54) is 0 Å². The van der Waals surface area contributed by atoms with E-state index in [9.17, 15) is 0 Å². The molecule has 0 aliphatic heterocycles. The van der Waals surface area contributed by atoms with E-state index in [2.05, 4.69) is 27.8 Å². The summed E-state index contributed by atoms with van der Waals surface area (Å²) in [5.74, 6) is 0.886.